The highest BCUT2D eigenvalue weighted by Crippen LogP contribution is 2.28. The smallest absolute Gasteiger partial charge is 0.261 e. The summed E-state index contributed by atoms with van der Waals surface area (Å²) >= 11 is 0. The van der Waals surface area contributed by atoms with E-state index in [0.717, 1.165) is 31.6 Å². The standard InChI is InChI=1S/C19H23FN2O3S/c1-14(2)25-16-6-8-17(9-7-16)26(23,24)21-19-13-15(5-10-18(19)20)22-11-3-4-12-22/h5-10,13-14,21H,3-4,11-12H2,1-2H3. The van der Waals surface area contributed by atoms with Crippen molar-refractivity contribution in [3.8, 4) is 5.75 Å². The molecule has 0 amide bonds. The van der Waals surface area contributed by atoms with Crippen molar-refractivity contribution in [2.45, 2.75) is 37.7 Å². The van der Waals surface area contributed by atoms with E-state index in [4.69, 9.17) is 4.74 Å². The van der Waals surface area contributed by atoms with Crippen LogP contribution in [0.5, 0.6) is 5.75 Å². The molecule has 26 heavy (non-hydrogen) atoms. The lowest BCUT2D eigenvalue weighted by atomic mass is 10.2. The van der Waals surface area contributed by atoms with E-state index < -0.39 is 15.8 Å². The molecule has 1 aliphatic rings. The largest absolute Gasteiger partial charge is 0.491 e. The molecular weight excluding hydrogens is 355 g/mol. The van der Waals surface area contributed by atoms with Gasteiger partial charge in [0, 0.05) is 18.8 Å². The van der Waals surface area contributed by atoms with Gasteiger partial charge in [-0.2, -0.15) is 0 Å². The summed E-state index contributed by atoms with van der Waals surface area (Å²) in [7, 11) is -3.89. The summed E-state index contributed by atoms with van der Waals surface area (Å²) in [5.74, 6) is -0.0163. The van der Waals surface area contributed by atoms with Crippen LogP contribution in [0.2, 0.25) is 0 Å². The highest BCUT2D eigenvalue weighted by atomic mass is 32.2. The van der Waals surface area contributed by atoms with Gasteiger partial charge in [0.2, 0.25) is 0 Å². The lowest BCUT2D eigenvalue weighted by molar-refractivity contribution is 0.242. The number of nitrogens with one attached hydrogen (secondary N) is 1. The molecule has 1 saturated heterocycles. The Balaban J connectivity index is 1.81. The molecule has 5 nitrogen and oxygen atoms in total. The number of sulfonamides is 1. The number of hydrogen-bond donors (Lipinski definition) is 1. The number of halogens is 1. The van der Waals surface area contributed by atoms with E-state index >= 15 is 0 Å². The van der Waals surface area contributed by atoms with Crippen molar-refractivity contribution in [3.63, 3.8) is 0 Å². The second-order valence-electron chi connectivity index (χ2n) is 6.60. The van der Waals surface area contributed by atoms with Gasteiger partial charge in [-0.15, -0.1) is 0 Å². The molecule has 140 valence electrons. The number of benzene rings is 2. The van der Waals surface area contributed by atoms with Gasteiger partial charge in [-0.25, -0.2) is 12.8 Å². The normalized spacial score (nSPS) is 14.7. The molecule has 0 aliphatic carbocycles. The molecule has 0 spiro atoms. The van der Waals surface area contributed by atoms with Crippen LogP contribution < -0.4 is 14.4 Å². The Bertz CT molecular complexity index is 861. The Morgan fingerprint density at radius 2 is 1.73 bits per heavy atom. The fourth-order valence-corrected chi connectivity index (χ4v) is 3.99. The van der Waals surface area contributed by atoms with E-state index in [9.17, 15) is 12.8 Å². The zero-order chi connectivity index (χ0) is 18.7. The Hall–Kier alpha value is -2.28. The summed E-state index contributed by atoms with van der Waals surface area (Å²) in [6.45, 7) is 5.58. The van der Waals surface area contributed by atoms with Gasteiger partial charge in [0.25, 0.3) is 10.0 Å². The minimum absolute atomic E-state index is 0.00185. The van der Waals surface area contributed by atoms with Crippen LogP contribution in [-0.4, -0.2) is 27.6 Å². The molecule has 3 rings (SSSR count). The highest BCUT2D eigenvalue weighted by molar-refractivity contribution is 7.92. The number of anilines is 2. The average Bonchev–Trinajstić information content (AvgIpc) is 3.11. The van der Waals surface area contributed by atoms with Crippen LogP contribution in [0, 0.1) is 5.82 Å². The quantitative estimate of drug-likeness (QED) is 0.825. The first-order chi connectivity index (χ1) is 12.3. The second-order valence-corrected chi connectivity index (χ2v) is 8.28. The molecule has 7 heteroatoms. The monoisotopic (exact) mass is 378 g/mol. The second kappa shape index (κ2) is 7.53. The van der Waals surface area contributed by atoms with Gasteiger partial charge in [0.1, 0.15) is 11.6 Å². The van der Waals surface area contributed by atoms with Crippen LogP contribution in [0.15, 0.2) is 47.4 Å². The van der Waals surface area contributed by atoms with E-state index in [-0.39, 0.29) is 16.7 Å². The maximum absolute atomic E-state index is 14.1. The lowest BCUT2D eigenvalue weighted by Gasteiger charge is -2.19. The molecule has 1 aliphatic heterocycles. The predicted molar refractivity (Wildman–Crippen MR) is 101 cm³/mol. The van der Waals surface area contributed by atoms with Crippen molar-refractivity contribution in [3.05, 3.63) is 48.3 Å². The van der Waals surface area contributed by atoms with Crippen molar-refractivity contribution in [1.82, 2.24) is 0 Å². The van der Waals surface area contributed by atoms with Crippen LogP contribution >= 0.6 is 0 Å². The molecule has 2 aromatic rings. The van der Waals surface area contributed by atoms with Gasteiger partial charge in [0.05, 0.1) is 16.7 Å². The first-order valence-electron chi connectivity index (χ1n) is 8.69. The topological polar surface area (TPSA) is 58.6 Å². The average molecular weight is 378 g/mol. The summed E-state index contributed by atoms with van der Waals surface area (Å²) in [4.78, 5) is 2.18. The third-order valence-corrected chi connectivity index (χ3v) is 5.55. The molecule has 2 aromatic carbocycles. The third-order valence-electron chi connectivity index (χ3n) is 4.17. The predicted octanol–water partition coefficient (Wildman–Crippen LogP) is 4.01. The van der Waals surface area contributed by atoms with Crippen molar-refractivity contribution in [2.75, 3.05) is 22.7 Å². The van der Waals surface area contributed by atoms with Gasteiger partial charge in [-0.3, -0.25) is 4.72 Å². The maximum atomic E-state index is 14.1. The van der Waals surface area contributed by atoms with Crippen LogP contribution in [0.1, 0.15) is 26.7 Å². The first kappa shape index (κ1) is 18.5. The fraction of sp³-hybridized carbons (Fsp3) is 0.368. The Labute approximate surface area is 153 Å². The third kappa shape index (κ3) is 4.27. The number of ether oxygens (including phenoxy) is 1. The minimum atomic E-state index is -3.89. The molecule has 0 unspecified atom stereocenters. The van der Waals surface area contributed by atoms with Gasteiger partial charge >= 0.3 is 0 Å². The van der Waals surface area contributed by atoms with Crippen molar-refractivity contribution in [2.24, 2.45) is 0 Å². The molecule has 0 atom stereocenters. The molecule has 0 aromatic heterocycles. The zero-order valence-corrected chi connectivity index (χ0v) is 15.7. The molecular formula is C19H23FN2O3S. The van der Waals surface area contributed by atoms with Crippen LogP contribution in [0.25, 0.3) is 0 Å². The van der Waals surface area contributed by atoms with Crippen LogP contribution in [0.4, 0.5) is 15.8 Å². The molecule has 1 fully saturated rings. The summed E-state index contributed by atoms with van der Waals surface area (Å²) in [5, 5.41) is 0. The van der Waals surface area contributed by atoms with Gasteiger partial charge in [0.15, 0.2) is 0 Å². The van der Waals surface area contributed by atoms with Gasteiger partial charge in [-0.05, 0) is 69.2 Å². The SMILES string of the molecule is CC(C)Oc1ccc(S(=O)(=O)Nc2cc(N3CCCC3)ccc2F)cc1. The minimum Gasteiger partial charge on any atom is -0.491 e. The van der Waals surface area contributed by atoms with Crippen molar-refractivity contribution in [1.29, 1.82) is 0 Å². The molecule has 1 N–H and O–H groups in total. The summed E-state index contributed by atoms with van der Waals surface area (Å²) in [6.07, 6.45) is 2.17. The van der Waals surface area contributed by atoms with E-state index in [2.05, 4.69) is 9.62 Å². The van der Waals surface area contributed by atoms with Crippen LogP contribution in [-0.2, 0) is 10.0 Å². The van der Waals surface area contributed by atoms with Crippen molar-refractivity contribution >= 4 is 21.4 Å². The zero-order valence-electron chi connectivity index (χ0n) is 14.9. The molecule has 0 radical (unpaired) electrons. The maximum Gasteiger partial charge on any atom is 0.261 e. The van der Waals surface area contributed by atoms with E-state index in [0.29, 0.717) is 5.75 Å². The Morgan fingerprint density at radius 1 is 1.08 bits per heavy atom. The molecule has 1 heterocycles. The summed E-state index contributed by atoms with van der Waals surface area (Å²) in [6, 6.07) is 10.6. The number of hydrogen-bond acceptors (Lipinski definition) is 4. The van der Waals surface area contributed by atoms with Gasteiger partial charge in [-0.1, -0.05) is 0 Å². The van der Waals surface area contributed by atoms with E-state index in [1.165, 1.54) is 18.2 Å². The van der Waals surface area contributed by atoms with Crippen LogP contribution in [0.3, 0.4) is 0 Å². The van der Waals surface area contributed by atoms with Gasteiger partial charge < -0.3 is 9.64 Å². The Kier molecular flexibility index (Phi) is 5.36. The fourth-order valence-electron chi connectivity index (χ4n) is 2.94. The first-order valence-corrected chi connectivity index (χ1v) is 10.2. The molecule has 0 bridgehead atoms. The van der Waals surface area contributed by atoms with E-state index in [1.807, 2.05) is 13.8 Å². The number of rotatable bonds is 6. The summed E-state index contributed by atoms with van der Waals surface area (Å²) < 4.78 is 47.2. The van der Waals surface area contributed by atoms with Crippen molar-refractivity contribution < 1.29 is 17.5 Å². The lowest BCUT2D eigenvalue weighted by Crippen LogP contribution is -2.19. The Morgan fingerprint density at radius 3 is 2.35 bits per heavy atom. The highest BCUT2D eigenvalue weighted by Gasteiger charge is 2.19. The molecule has 0 saturated carbocycles. The van der Waals surface area contributed by atoms with E-state index in [1.54, 1.807) is 24.3 Å². The summed E-state index contributed by atoms with van der Waals surface area (Å²) in [5.41, 5.74) is 0.777. The number of nitrogens with zero attached hydrogens (tertiary/aromatic N) is 1.